The predicted octanol–water partition coefficient (Wildman–Crippen LogP) is 3.48. The fourth-order valence-electron chi connectivity index (χ4n) is 2.19. The molecule has 0 aromatic heterocycles. The summed E-state index contributed by atoms with van der Waals surface area (Å²) in [6.45, 7) is 0. The average molecular weight is 264 g/mol. The molecule has 0 amide bonds. The van der Waals surface area contributed by atoms with Gasteiger partial charge in [0.1, 0.15) is 11.5 Å². The number of ketones is 1. The second-order valence-electron chi connectivity index (χ2n) is 4.63. The highest BCUT2D eigenvalue weighted by atomic mass is 16.3. The number of aromatic hydroxyl groups is 2. The van der Waals surface area contributed by atoms with Crippen molar-refractivity contribution in [3.63, 3.8) is 0 Å². The third kappa shape index (κ3) is 2.21. The number of phenolic OH excluding ortho intramolecular Hbond substituents is 2. The van der Waals surface area contributed by atoms with Gasteiger partial charge in [-0.1, -0.05) is 30.3 Å². The lowest BCUT2D eigenvalue weighted by molar-refractivity contribution is 0.103. The van der Waals surface area contributed by atoms with Crippen LogP contribution in [0.3, 0.4) is 0 Å². The number of hydrogen-bond acceptors (Lipinski definition) is 3. The van der Waals surface area contributed by atoms with Crippen LogP contribution in [-0.2, 0) is 0 Å². The van der Waals surface area contributed by atoms with Crippen molar-refractivity contribution in [2.24, 2.45) is 0 Å². The third-order valence-electron chi connectivity index (χ3n) is 3.19. The van der Waals surface area contributed by atoms with Crippen LogP contribution in [0.2, 0.25) is 0 Å². The highest BCUT2D eigenvalue weighted by molar-refractivity contribution is 6.10. The first-order valence-electron chi connectivity index (χ1n) is 6.20. The largest absolute Gasteiger partial charge is 0.508 e. The van der Waals surface area contributed by atoms with Crippen LogP contribution < -0.4 is 0 Å². The topological polar surface area (TPSA) is 57.5 Å². The van der Waals surface area contributed by atoms with Gasteiger partial charge < -0.3 is 10.2 Å². The van der Waals surface area contributed by atoms with Gasteiger partial charge in [-0.15, -0.1) is 0 Å². The predicted molar refractivity (Wildman–Crippen MR) is 77.2 cm³/mol. The van der Waals surface area contributed by atoms with Crippen molar-refractivity contribution in [1.29, 1.82) is 0 Å². The van der Waals surface area contributed by atoms with Gasteiger partial charge >= 0.3 is 0 Å². The summed E-state index contributed by atoms with van der Waals surface area (Å²) in [6.07, 6.45) is 0. The van der Waals surface area contributed by atoms with Gasteiger partial charge in [0.2, 0.25) is 0 Å². The quantitative estimate of drug-likeness (QED) is 0.697. The van der Waals surface area contributed by atoms with Crippen LogP contribution in [0.15, 0.2) is 60.7 Å². The molecule has 0 atom stereocenters. The van der Waals surface area contributed by atoms with E-state index in [4.69, 9.17) is 0 Å². The maximum atomic E-state index is 12.3. The molecule has 0 unspecified atom stereocenters. The number of carbonyl (C=O) groups excluding carboxylic acids is 1. The Balaban J connectivity index is 2.06. The molecule has 0 radical (unpaired) electrons. The summed E-state index contributed by atoms with van der Waals surface area (Å²) in [5, 5.41) is 20.6. The smallest absolute Gasteiger partial charge is 0.193 e. The zero-order chi connectivity index (χ0) is 14.1. The van der Waals surface area contributed by atoms with Gasteiger partial charge in [0, 0.05) is 11.1 Å². The fourth-order valence-corrected chi connectivity index (χ4v) is 2.19. The van der Waals surface area contributed by atoms with Crippen LogP contribution in [0, 0.1) is 0 Å². The SMILES string of the molecule is O=C(c1cccc(O)c1)c1ccc2cc(O)ccc2c1. The molecule has 98 valence electrons. The Bertz CT molecular complexity index is 806. The van der Waals surface area contributed by atoms with Crippen LogP contribution >= 0.6 is 0 Å². The first kappa shape index (κ1) is 12.2. The first-order chi connectivity index (χ1) is 9.63. The van der Waals surface area contributed by atoms with Gasteiger partial charge in [0.15, 0.2) is 5.78 Å². The Morgan fingerprint density at radius 1 is 0.700 bits per heavy atom. The summed E-state index contributed by atoms with van der Waals surface area (Å²) in [5.41, 5.74) is 0.997. The summed E-state index contributed by atoms with van der Waals surface area (Å²) in [4.78, 5) is 12.3. The molecule has 3 aromatic carbocycles. The van der Waals surface area contributed by atoms with Crippen molar-refractivity contribution >= 4 is 16.6 Å². The van der Waals surface area contributed by atoms with Crippen molar-refractivity contribution in [3.8, 4) is 11.5 Å². The van der Waals surface area contributed by atoms with Gasteiger partial charge in [-0.2, -0.15) is 0 Å². The molecule has 0 aliphatic carbocycles. The third-order valence-corrected chi connectivity index (χ3v) is 3.19. The zero-order valence-electron chi connectivity index (χ0n) is 10.6. The molecule has 0 aliphatic heterocycles. The fraction of sp³-hybridized carbons (Fsp3) is 0. The minimum absolute atomic E-state index is 0.0709. The van der Waals surface area contributed by atoms with E-state index in [0.29, 0.717) is 11.1 Å². The molecule has 3 rings (SSSR count). The van der Waals surface area contributed by atoms with Crippen LogP contribution in [0.4, 0.5) is 0 Å². The monoisotopic (exact) mass is 264 g/mol. The number of fused-ring (bicyclic) bond motifs is 1. The summed E-state index contributed by atoms with van der Waals surface area (Å²) in [5.74, 6) is 0.127. The van der Waals surface area contributed by atoms with Crippen molar-refractivity contribution < 1.29 is 15.0 Å². The van der Waals surface area contributed by atoms with Crippen LogP contribution in [-0.4, -0.2) is 16.0 Å². The molecule has 0 fully saturated rings. The molecule has 0 bridgehead atoms. The molecule has 0 heterocycles. The minimum Gasteiger partial charge on any atom is -0.508 e. The molecular weight excluding hydrogens is 252 g/mol. The lowest BCUT2D eigenvalue weighted by Crippen LogP contribution is -2.00. The van der Waals surface area contributed by atoms with Crippen molar-refractivity contribution in [2.75, 3.05) is 0 Å². The molecule has 0 aliphatic rings. The number of benzene rings is 3. The summed E-state index contributed by atoms with van der Waals surface area (Å²) < 4.78 is 0. The van der Waals surface area contributed by atoms with E-state index in [9.17, 15) is 15.0 Å². The molecule has 2 N–H and O–H groups in total. The Morgan fingerprint density at radius 2 is 1.35 bits per heavy atom. The number of rotatable bonds is 2. The van der Waals surface area contributed by atoms with E-state index in [2.05, 4.69) is 0 Å². The molecular formula is C17H12O3. The van der Waals surface area contributed by atoms with Gasteiger partial charge in [-0.25, -0.2) is 0 Å². The molecule has 0 saturated carbocycles. The Labute approximate surface area is 115 Å². The molecule has 3 nitrogen and oxygen atoms in total. The summed E-state index contributed by atoms with van der Waals surface area (Å²) >= 11 is 0. The Hall–Kier alpha value is -2.81. The molecule has 3 aromatic rings. The lowest BCUT2D eigenvalue weighted by Gasteiger charge is -2.04. The Morgan fingerprint density at radius 3 is 2.15 bits per heavy atom. The summed E-state index contributed by atoms with van der Waals surface area (Å²) in [7, 11) is 0. The van der Waals surface area contributed by atoms with E-state index in [-0.39, 0.29) is 17.3 Å². The van der Waals surface area contributed by atoms with E-state index >= 15 is 0 Å². The first-order valence-corrected chi connectivity index (χ1v) is 6.20. The van der Waals surface area contributed by atoms with E-state index in [0.717, 1.165) is 10.8 Å². The minimum atomic E-state index is -0.143. The maximum absolute atomic E-state index is 12.3. The lowest BCUT2D eigenvalue weighted by atomic mass is 10.00. The van der Waals surface area contributed by atoms with E-state index in [1.165, 1.54) is 12.1 Å². The second-order valence-corrected chi connectivity index (χ2v) is 4.63. The second kappa shape index (κ2) is 4.70. The van der Waals surface area contributed by atoms with E-state index in [1.807, 2.05) is 0 Å². The number of phenols is 2. The molecule has 20 heavy (non-hydrogen) atoms. The van der Waals surface area contributed by atoms with Crippen LogP contribution in [0.25, 0.3) is 10.8 Å². The van der Waals surface area contributed by atoms with E-state index < -0.39 is 0 Å². The van der Waals surface area contributed by atoms with Crippen molar-refractivity contribution in [3.05, 3.63) is 71.8 Å². The number of carbonyl (C=O) groups is 1. The van der Waals surface area contributed by atoms with Crippen LogP contribution in [0.5, 0.6) is 11.5 Å². The zero-order valence-corrected chi connectivity index (χ0v) is 10.6. The standard InChI is InChI=1S/C17H12O3/c18-15-3-1-2-13(10-15)17(20)14-5-4-12-9-16(19)7-6-11(12)8-14/h1-10,18-19H. The highest BCUT2D eigenvalue weighted by Crippen LogP contribution is 2.23. The van der Waals surface area contributed by atoms with Crippen molar-refractivity contribution in [1.82, 2.24) is 0 Å². The average Bonchev–Trinajstić information content (AvgIpc) is 2.46. The van der Waals surface area contributed by atoms with Gasteiger partial charge in [-0.05, 0) is 41.1 Å². The maximum Gasteiger partial charge on any atom is 0.193 e. The molecule has 0 saturated heterocycles. The van der Waals surface area contributed by atoms with Gasteiger partial charge in [0.25, 0.3) is 0 Å². The van der Waals surface area contributed by atoms with E-state index in [1.54, 1.807) is 48.5 Å². The Kier molecular flexibility index (Phi) is 2.88. The molecule has 0 spiro atoms. The van der Waals surface area contributed by atoms with Gasteiger partial charge in [-0.3, -0.25) is 4.79 Å². The molecule has 3 heteroatoms. The normalized spacial score (nSPS) is 10.6. The van der Waals surface area contributed by atoms with Crippen molar-refractivity contribution in [2.45, 2.75) is 0 Å². The van der Waals surface area contributed by atoms with Gasteiger partial charge in [0.05, 0.1) is 0 Å². The highest BCUT2D eigenvalue weighted by Gasteiger charge is 2.10. The van der Waals surface area contributed by atoms with Crippen LogP contribution in [0.1, 0.15) is 15.9 Å². The number of hydrogen-bond donors (Lipinski definition) is 2. The summed E-state index contributed by atoms with van der Waals surface area (Å²) in [6, 6.07) is 16.6.